The van der Waals surface area contributed by atoms with E-state index < -0.39 is 5.97 Å². The van der Waals surface area contributed by atoms with Crippen molar-refractivity contribution in [3.63, 3.8) is 0 Å². The SMILES string of the molecule is CCCCOc1ccc(-c2ccncc2)cc1C(=O)O. The van der Waals surface area contributed by atoms with Gasteiger partial charge in [0.2, 0.25) is 0 Å². The van der Waals surface area contributed by atoms with Crippen molar-refractivity contribution in [2.75, 3.05) is 6.61 Å². The van der Waals surface area contributed by atoms with Crippen LogP contribution in [0.4, 0.5) is 0 Å². The summed E-state index contributed by atoms with van der Waals surface area (Å²) >= 11 is 0. The van der Waals surface area contributed by atoms with Crippen LogP contribution in [0.5, 0.6) is 5.75 Å². The number of aromatic nitrogens is 1. The summed E-state index contributed by atoms with van der Waals surface area (Å²) in [6.45, 7) is 2.60. The van der Waals surface area contributed by atoms with E-state index in [1.165, 1.54) is 0 Å². The molecule has 0 saturated carbocycles. The highest BCUT2D eigenvalue weighted by Gasteiger charge is 2.13. The van der Waals surface area contributed by atoms with Gasteiger partial charge in [-0.2, -0.15) is 0 Å². The van der Waals surface area contributed by atoms with Gasteiger partial charge in [0.25, 0.3) is 0 Å². The maximum absolute atomic E-state index is 11.3. The second-order valence-corrected chi connectivity index (χ2v) is 4.45. The molecule has 1 N–H and O–H groups in total. The van der Waals surface area contributed by atoms with E-state index in [1.54, 1.807) is 24.5 Å². The van der Waals surface area contributed by atoms with Crippen LogP contribution < -0.4 is 4.74 Å². The molecular weight excluding hydrogens is 254 g/mol. The molecule has 1 heterocycles. The molecule has 4 nitrogen and oxygen atoms in total. The number of carboxylic acids is 1. The molecule has 0 unspecified atom stereocenters. The minimum atomic E-state index is -0.979. The van der Waals surface area contributed by atoms with Gasteiger partial charge in [-0.15, -0.1) is 0 Å². The average Bonchev–Trinajstić information content (AvgIpc) is 2.48. The topological polar surface area (TPSA) is 59.4 Å². The lowest BCUT2D eigenvalue weighted by Crippen LogP contribution is -2.04. The van der Waals surface area contributed by atoms with Crippen molar-refractivity contribution in [1.82, 2.24) is 4.98 Å². The number of pyridine rings is 1. The van der Waals surface area contributed by atoms with Gasteiger partial charge in [0.05, 0.1) is 6.61 Å². The third-order valence-corrected chi connectivity index (χ3v) is 2.98. The zero-order valence-corrected chi connectivity index (χ0v) is 11.4. The Morgan fingerprint density at radius 1 is 1.20 bits per heavy atom. The van der Waals surface area contributed by atoms with Crippen LogP contribution >= 0.6 is 0 Å². The van der Waals surface area contributed by atoms with Crippen molar-refractivity contribution < 1.29 is 14.6 Å². The lowest BCUT2D eigenvalue weighted by molar-refractivity contribution is 0.0692. The van der Waals surface area contributed by atoms with Gasteiger partial charge >= 0.3 is 5.97 Å². The fraction of sp³-hybridized carbons (Fsp3) is 0.250. The number of aromatic carboxylic acids is 1. The third kappa shape index (κ3) is 3.35. The second kappa shape index (κ2) is 6.70. The van der Waals surface area contributed by atoms with E-state index in [0.29, 0.717) is 12.4 Å². The number of nitrogens with zero attached hydrogens (tertiary/aromatic N) is 1. The molecule has 1 aromatic carbocycles. The summed E-state index contributed by atoms with van der Waals surface area (Å²) < 4.78 is 5.54. The summed E-state index contributed by atoms with van der Waals surface area (Å²) in [5, 5.41) is 9.30. The van der Waals surface area contributed by atoms with Gasteiger partial charge in [0.15, 0.2) is 0 Å². The molecule has 0 amide bonds. The molecule has 0 bridgehead atoms. The number of carbonyl (C=O) groups is 1. The van der Waals surface area contributed by atoms with Crippen LogP contribution in [0.3, 0.4) is 0 Å². The first-order chi connectivity index (χ1) is 9.72. The molecule has 0 aliphatic rings. The van der Waals surface area contributed by atoms with Crippen molar-refractivity contribution in [3.8, 4) is 16.9 Å². The number of rotatable bonds is 6. The highest BCUT2D eigenvalue weighted by atomic mass is 16.5. The van der Waals surface area contributed by atoms with E-state index in [2.05, 4.69) is 11.9 Å². The zero-order valence-electron chi connectivity index (χ0n) is 11.4. The molecule has 104 valence electrons. The maximum atomic E-state index is 11.3. The summed E-state index contributed by atoms with van der Waals surface area (Å²) in [4.78, 5) is 15.3. The smallest absolute Gasteiger partial charge is 0.339 e. The highest BCUT2D eigenvalue weighted by Crippen LogP contribution is 2.26. The Morgan fingerprint density at radius 2 is 1.95 bits per heavy atom. The minimum absolute atomic E-state index is 0.190. The number of hydrogen-bond donors (Lipinski definition) is 1. The highest BCUT2D eigenvalue weighted by molar-refractivity contribution is 5.92. The summed E-state index contributed by atoms with van der Waals surface area (Å²) in [6.07, 6.45) is 5.28. The van der Waals surface area contributed by atoms with Gasteiger partial charge < -0.3 is 9.84 Å². The van der Waals surface area contributed by atoms with Crippen molar-refractivity contribution in [1.29, 1.82) is 0 Å². The van der Waals surface area contributed by atoms with Crippen LogP contribution in [0, 0.1) is 0 Å². The van der Waals surface area contributed by atoms with Gasteiger partial charge in [-0.3, -0.25) is 4.98 Å². The molecular formula is C16H17NO3. The Bertz CT molecular complexity index is 582. The summed E-state index contributed by atoms with van der Waals surface area (Å²) in [5.41, 5.74) is 1.96. The first kappa shape index (κ1) is 14.1. The van der Waals surface area contributed by atoms with Crippen LogP contribution in [0.1, 0.15) is 30.1 Å². The summed E-state index contributed by atoms with van der Waals surface area (Å²) in [6, 6.07) is 8.91. The standard InChI is InChI=1S/C16H17NO3/c1-2-3-10-20-15-5-4-13(11-14(15)16(18)19)12-6-8-17-9-7-12/h4-9,11H,2-3,10H2,1H3,(H,18,19). The number of hydrogen-bond acceptors (Lipinski definition) is 3. The fourth-order valence-corrected chi connectivity index (χ4v) is 1.87. The Hall–Kier alpha value is -2.36. The molecule has 4 heteroatoms. The lowest BCUT2D eigenvalue weighted by atomic mass is 10.0. The van der Waals surface area contributed by atoms with Crippen molar-refractivity contribution in [2.24, 2.45) is 0 Å². The van der Waals surface area contributed by atoms with Crippen LogP contribution in [-0.4, -0.2) is 22.7 Å². The number of benzene rings is 1. The molecule has 0 fully saturated rings. The molecule has 0 aliphatic heterocycles. The van der Waals surface area contributed by atoms with Crippen LogP contribution in [-0.2, 0) is 0 Å². The van der Waals surface area contributed by atoms with Crippen molar-refractivity contribution >= 4 is 5.97 Å². The van der Waals surface area contributed by atoms with Crippen LogP contribution in [0.15, 0.2) is 42.7 Å². The largest absolute Gasteiger partial charge is 0.493 e. The molecule has 0 aliphatic carbocycles. The van der Waals surface area contributed by atoms with Gasteiger partial charge in [-0.25, -0.2) is 4.79 Å². The fourth-order valence-electron chi connectivity index (χ4n) is 1.87. The van der Waals surface area contributed by atoms with Gasteiger partial charge in [0.1, 0.15) is 11.3 Å². The minimum Gasteiger partial charge on any atom is -0.493 e. The van der Waals surface area contributed by atoms with E-state index in [0.717, 1.165) is 24.0 Å². The predicted molar refractivity (Wildman–Crippen MR) is 77.0 cm³/mol. The third-order valence-electron chi connectivity index (χ3n) is 2.98. The molecule has 0 radical (unpaired) electrons. The average molecular weight is 271 g/mol. The van der Waals surface area contributed by atoms with E-state index in [9.17, 15) is 9.90 Å². The summed E-state index contributed by atoms with van der Waals surface area (Å²) in [5.74, 6) is -0.559. The van der Waals surface area contributed by atoms with E-state index in [1.807, 2.05) is 18.2 Å². The van der Waals surface area contributed by atoms with E-state index in [4.69, 9.17) is 4.74 Å². The molecule has 2 rings (SSSR count). The number of carboxylic acid groups (broad SMARTS) is 1. The summed E-state index contributed by atoms with van der Waals surface area (Å²) in [7, 11) is 0. The van der Waals surface area contributed by atoms with Crippen molar-refractivity contribution in [2.45, 2.75) is 19.8 Å². The van der Waals surface area contributed by atoms with Gasteiger partial charge in [-0.1, -0.05) is 19.4 Å². The van der Waals surface area contributed by atoms with Gasteiger partial charge in [0, 0.05) is 12.4 Å². The van der Waals surface area contributed by atoms with E-state index >= 15 is 0 Å². The second-order valence-electron chi connectivity index (χ2n) is 4.45. The maximum Gasteiger partial charge on any atom is 0.339 e. The van der Waals surface area contributed by atoms with Crippen LogP contribution in [0.2, 0.25) is 0 Å². The normalized spacial score (nSPS) is 10.2. The first-order valence-corrected chi connectivity index (χ1v) is 6.63. The number of unbranched alkanes of at least 4 members (excludes halogenated alkanes) is 1. The molecule has 2 aromatic rings. The molecule has 0 spiro atoms. The Kier molecular flexibility index (Phi) is 4.71. The van der Waals surface area contributed by atoms with Crippen molar-refractivity contribution in [3.05, 3.63) is 48.3 Å². The monoisotopic (exact) mass is 271 g/mol. The predicted octanol–water partition coefficient (Wildman–Crippen LogP) is 3.63. The zero-order chi connectivity index (χ0) is 14.4. The molecule has 20 heavy (non-hydrogen) atoms. The lowest BCUT2D eigenvalue weighted by Gasteiger charge is -2.10. The molecule has 0 saturated heterocycles. The Morgan fingerprint density at radius 3 is 2.60 bits per heavy atom. The molecule has 1 aromatic heterocycles. The first-order valence-electron chi connectivity index (χ1n) is 6.63. The van der Waals surface area contributed by atoms with E-state index in [-0.39, 0.29) is 5.56 Å². The molecule has 0 atom stereocenters. The number of ether oxygens (including phenoxy) is 1. The van der Waals surface area contributed by atoms with Crippen LogP contribution in [0.25, 0.3) is 11.1 Å². The Labute approximate surface area is 118 Å². The van der Waals surface area contributed by atoms with Gasteiger partial charge in [-0.05, 0) is 41.8 Å². The quantitative estimate of drug-likeness (QED) is 0.815. The Balaban J connectivity index is 2.30.